The van der Waals surface area contributed by atoms with Crippen LogP contribution in [0.2, 0.25) is 0 Å². The van der Waals surface area contributed by atoms with Crippen LogP contribution in [0.15, 0.2) is 28.8 Å². The summed E-state index contributed by atoms with van der Waals surface area (Å²) < 4.78 is 18.1. The first-order chi connectivity index (χ1) is 9.20. The minimum Gasteiger partial charge on any atom is -0.366 e. The molecule has 96 valence electrons. The van der Waals surface area contributed by atoms with Gasteiger partial charge in [-0.05, 0) is 17.7 Å². The highest BCUT2D eigenvalue weighted by molar-refractivity contribution is 5.41. The molecule has 0 saturated carbocycles. The Labute approximate surface area is 106 Å². The molecule has 8 heteroatoms. The van der Waals surface area contributed by atoms with Gasteiger partial charge in [0.1, 0.15) is 5.82 Å². The highest BCUT2D eigenvalue weighted by Gasteiger charge is 2.13. The Hall–Kier alpha value is -2.77. The molecule has 0 bridgehead atoms. The zero-order chi connectivity index (χ0) is 13.2. The van der Waals surface area contributed by atoms with Crippen molar-refractivity contribution in [3.05, 3.63) is 41.5 Å². The summed E-state index contributed by atoms with van der Waals surface area (Å²) in [6.45, 7) is 0. The number of nitrogens with two attached hydrogens (primary N) is 1. The van der Waals surface area contributed by atoms with Gasteiger partial charge in [0.25, 0.3) is 5.89 Å². The summed E-state index contributed by atoms with van der Waals surface area (Å²) in [5, 5.41) is 10.0. The molecule has 0 fully saturated rings. The molecule has 7 nitrogen and oxygen atoms in total. The smallest absolute Gasteiger partial charge is 0.295 e. The van der Waals surface area contributed by atoms with Gasteiger partial charge in [-0.15, -0.1) is 5.10 Å². The molecule has 0 aliphatic heterocycles. The van der Waals surface area contributed by atoms with Gasteiger partial charge in [-0.25, -0.2) is 4.39 Å². The molecule has 3 rings (SSSR count). The Morgan fingerprint density at radius 2 is 2.21 bits per heavy atom. The van der Waals surface area contributed by atoms with Gasteiger partial charge in [-0.1, -0.05) is 17.3 Å². The highest BCUT2D eigenvalue weighted by atomic mass is 19.1. The molecule has 0 radical (unpaired) electrons. The minimum absolute atomic E-state index is 0.0971. The predicted octanol–water partition coefficient (Wildman–Crippen LogP) is 1.17. The first kappa shape index (κ1) is 11.3. The van der Waals surface area contributed by atoms with Gasteiger partial charge in [0.05, 0.1) is 0 Å². The molecule has 0 atom stereocenters. The number of benzene rings is 1. The predicted molar refractivity (Wildman–Crippen MR) is 63.3 cm³/mol. The number of aromatic amines is 1. The second-order valence-corrected chi connectivity index (χ2v) is 3.86. The lowest BCUT2D eigenvalue weighted by molar-refractivity contribution is 0.421. The maximum absolute atomic E-state index is 13.0. The SMILES string of the molecule is Nc1n[nH]c(-c2nc(Cc3cccc(F)c3)no2)n1. The van der Waals surface area contributed by atoms with E-state index in [4.69, 9.17) is 10.3 Å². The number of anilines is 1. The molecular weight excluding hydrogens is 251 g/mol. The third-order valence-electron chi connectivity index (χ3n) is 2.42. The van der Waals surface area contributed by atoms with Gasteiger partial charge in [0.15, 0.2) is 5.82 Å². The minimum atomic E-state index is -0.302. The lowest BCUT2D eigenvalue weighted by atomic mass is 10.1. The average Bonchev–Trinajstić information content (AvgIpc) is 2.98. The quantitative estimate of drug-likeness (QED) is 0.732. The first-order valence-electron chi connectivity index (χ1n) is 5.46. The number of nitrogens with zero attached hydrogens (tertiary/aromatic N) is 4. The van der Waals surface area contributed by atoms with Crippen LogP contribution >= 0.6 is 0 Å². The van der Waals surface area contributed by atoms with Crippen molar-refractivity contribution in [1.82, 2.24) is 25.3 Å². The molecular formula is C11H9FN6O. The molecule has 3 N–H and O–H groups in total. The fraction of sp³-hybridized carbons (Fsp3) is 0.0909. The average molecular weight is 260 g/mol. The van der Waals surface area contributed by atoms with Gasteiger partial charge in [0, 0.05) is 6.42 Å². The van der Waals surface area contributed by atoms with Crippen LogP contribution in [0.4, 0.5) is 10.3 Å². The Morgan fingerprint density at radius 3 is 2.95 bits per heavy atom. The zero-order valence-electron chi connectivity index (χ0n) is 9.67. The van der Waals surface area contributed by atoms with E-state index >= 15 is 0 Å². The number of H-pyrrole nitrogens is 1. The maximum atomic E-state index is 13.0. The lowest BCUT2D eigenvalue weighted by Gasteiger charge is -1.95. The van der Waals surface area contributed by atoms with E-state index in [9.17, 15) is 4.39 Å². The summed E-state index contributed by atoms with van der Waals surface area (Å²) in [5.41, 5.74) is 6.13. The second kappa shape index (κ2) is 4.48. The lowest BCUT2D eigenvalue weighted by Crippen LogP contribution is -1.91. The highest BCUT2D eigenvalue weighted by Crippen LogP contribution is 2.14. The first-order valence-corrected chi connectivity index (χ1v) is 5.46. The van der Waals surface area contributed by atoms with Crippen LogP contribution in [0.3, 0.4) is 0 Å². The summed E-state index contributed by atoms with van der Waals surface area (Å²) in [7, 11) is 0. The van der Waals surface area contributed by atoms with Gasteiger partial charge in [-0.3, -0.25) is 5.10 Å². The van der Waals surface area contributed by atoms with E-state index in [2.05, 4.69) is 25.3 Å². The van der Waals surface area contributed by atoms with Crippen molar-refractivity contribution in [2.75, 3.05) is 5.73 Å². The number of nitrogens with one attached hydrogen (secondary N) is 1. The van der Waals surface area contributed by atoms with E-state index < -0.39 is 0 Å². The number of nitrogen functional groups attached to an aromatic ring is 1. The van der Waals surface area contributed by atoms with Gasteiger partial charge < -0.3 is 10.3 Å². The number of halogens is 1. The van der Waals surface area contributed by atoms with E-state index in [1.165, 1.54) is 12.1 Å². The molecule has 0 spiro atoms. The zero-order valence-corrected chi connectivity index (χ0v) is 9.67. The van der Waals surface area contributed by atoms with Gasteiger partial charge in [0.2, 0.25) is 11.8 Å². The van der Waals surface area contributed by atoms with Crippen molar-refractivity contribution in [3.63, 3.8) is 0 Å². The standard InChI is InChI=1S/C11H9FN6O/c12-7-3-1-2-6(4-7)5-8-14-10(19-18-8)9-15-11(13)17-16-9/h1-4H,5H2,(H3,13,15,16,17). The summed E-state index contributed by atoms with van der Waals surface area (Å²) >= 11 is 0. The van der Waals surface area contributed by atoms with Crippen LogP contribution in [0.25, 0.3) is 11.7 Å². The number of hydrogen-bond donors (Lipinski definition) is 2. The third-order valence-corrected chi connectivity index (χ3v) is 2.42. The van der Waals surface area contributed by atoms with Crippen molar-refractivity contribution >= 4 is 5.95 Å². The van der Waals surface area contributed by atoms with Crippen LogP contribution in [-0.4, -0.2) is 25.3 Å². The van der Waals surface area contributed by atoms with Gasteiger partial charge >= 0.3 is 0 Å². The molecule has 3 aromatic rings. The van der Waals surface area contributed by atoms with Crippen molar-refractivity contribution in [2.45, 2.75) is 6.42 Å². The number of aromatic nitrogens is 5. The Balaban J connectivity index is 1.82. The number of rotatable bonds is 3. The number of hydrogen-bond acceptors (Lipinski definition) is 6. The van der Waals surface area contributed by atoms with Crippen molar-refractivity contribution in [3.8, 4) is 11.7 Å². The van der Waals surface area contributed by atoms with E-state index in [0.29, 0.717) is 18.1 Å². The summed E-state index contributed by atoms with van der Waals surface area (Å²) in [4.78, 5) is 8.00. The Bertz CT molecular complexity index is 707. The third kappa shape index (κ3) is 2.41. The van der Waals surface area contributed by atoms with Crippen molar-refractivity contribution < 1.29 is 8.91 Å². The fourth-order valence-electron chi connectivity index (χ4n) is 1.62. The van der Waals surface area contributed by atoms with Gasteiger partial charge in [-0.2, -0.15) is 9.97 Å². The summed E-state index contributed by atoms with van der Waals surface area (Å²) in [5.74, 6) is 0.714. The normalized spacial score (nSPS) is 10.8. The Kier molecular flexibility index (Phi) is 2.67. The van der Waals surface area contributed by atoms with Crippen molar-refractivity contribution in [1.29, 1.82) is 0 Å². The van der Waals surface area contributed by atoms with Crippen LogP contribution in [0, 0.1) is 5.82 Å². The van der Waals surface area contributed by atoms with E-state index in [0.717, 1.165) is 5.56 Å². The molecule has 0 saturated heterocycles. The summed E-state index contributed by atoms with van der Waals surface area (Å²) in [6, 6.07) is 6.21. The van der Waals surface area contributed by atoms with E-state index in [1.54, 1.807) is 12.1 Å². The van der Waals surface area contributed by atoms with Crippen LogP contribution in [0.1, 0.15) is 11.4 Å². The van der Waals surface area contributed by atoms with Crippen LogP contribution in [-0.2, 0) is 6.42 Å². The van der Waals surface area contributed by atoms with E-state index in [1.807, 2.05) is 0 Å². The molecule has 0 aliphatic carbocycles. The largest absolute Gasteiger partial charge is 0.366 e. The second-order valence-electron chi connectivity index (χ2n) is 3.86. The molecule has 0 aliphatic rings. The van der Waals surface area contributed by atoms with E-state index in [-0.39, 0.29) is 17.7 Å². The Morgan fingerprint density at radius 1 is 1.32 bits per heavy atom. The monoisotopic (exact) mass is 260 g/mol. The fourth-order valence-corrected chi connectivity index (χ4v) is 1.62. The molecule has 0 amide bonds. The topological polar surface area (TPSA) is 107 Å². The van der Waals surface area contributed by atoms with Crippen LogP contribution < -0.4 is 5.73 Å². The molecule has 2 aromatic heterocycles. The molecule has 19 heavy (non-hydrogen) atoms. The maximum Gasteiger partial charge on any atom is 0.295 e. The summed E-state index contributed by atoms with van der Waals surface area (Å²) in [6.07, 6.45) is 0.366. The molecule has 1 aromatic carbocycles. The molecule has 0 unspecified atom stereocenters. The van der Waals surface area contributed by atoms with Crippen LogP contribution in [0.5, 0.6) is 0 Å². The van der Waals surface area contributed by atoms with Crippen molar-refractivity contribution in [2.24, 2.45) is 0 Å². The molecule has 2 heterocycles.